The lowest BCUT2D eigenvalue weighted by Gasteiger charge is -2.10. The van der Waals surface area contributed by atoms with Crippen LogP contribution >= 0.6 is 34.2 Å². The molecule has 0 spiro atoms. The molecule has 0 atom stereocenters. The zero-order valence-corrected chi connectivity index (χ0v) is 14.4. The average molecular weight is 413 g/mol. The van der Waals surface area contributed by atoms with Gasteiger partial charge in [-0.05, 0) is 52.9 Å². The topological polar surface area (TPSA) is 27.1 Å². The molecule has 5 heteroatoms. The molecule has 3 aromatic rings. The number of benzene rings is 2. The van der Waals surface area contributed by atoms with Gasteiger partial charge in [0.25, 0.3) is 0 Å². The lowest BCUT2D eigenvalue weighted by atomic mass is 10.2. The van der Waals surface area contributed by atoms with Crippen LogP contribution in [-0.2, 0) is 6.42 Å². The van der Waals surface area contributed by atoms with Gasteiger partial charge in [-0.25, -0.2) is 4.98 Å². The van der Waals surface area contributed by atoms with Crippen LogP contribution in [0.1, 0.15) is 5.82 Å². The lowest BCUT2D eigenvalue weighted by molar-refractivity contribution is 0.414. The van der Waals surface area contributed by atoms with E-state index in [9.17, 15) is 0 Å². The molecule has 0 saturated carbocycles. The summed E-state index contributed by atoms with van der Waals surface area (Å²) in [7, 11) is 1.67. The molecular formula is C16H14ClIN2O. The van der Waals surface area contributed by atoms with Crippen LogP contribution in [0.3, 0.4) is 0 Å². The van der Waals surface area contributed by atoms with Gasteiger partial charge in [-0.3, -0.25) is 4.57 Å². The van der Waals surface area contributed by atoms with E-state index in [0.717, 1.165) is 34.7 Å². The summed E-state index contributed by atoms with van der Waals surface area (Å²) in [6.45, 7) is 0. The molecule has 0 fully saturated rings. The second kappa shape index (κ2) is 6.23. The highest BCUT2D eigenvalue weighted by atomic mass is 127. The molecule has 0 aliphatic carbocycles. The van der Waals surface area contributed by atoms with Crippen molar-refractivity contribution in [2.24, 2.45) is 0 Å². The van der Waals surface area contributed by atoms with Gasteiger partial charge < -0.3 is 4.74 Å². The Bertz CT molecular complexity index is 785. The third kappa shape index (κ3) is 2.87. The van der Waals surface area contributed by atoms with Crippen LogP contribution in [0.25, 0.3) is 16.7 Å². The molecule has 108 valence electrons. The summed E-state index contributed by atoms with van der Waals surface area (Å²) >= 11 is 8.23. The maximum Gasteiger partial charge on any atom is 0.120 e. The Morgan fingerprint density at radius 3 is 2.86 bits per heavy atom. The number of fused-ring (bicyclic) bond motifs is 1. The molecule has 1 heterocycles. The van der Waals surface area contributed by atoms with E-state index in [4.69, 9.17) is 21.3 Å². The van der Waals surface area contributed by atoms with E-state index in [0.29, 0.717) is 5.88 Å². The van der Waals surface area contributed by atoms with Crippen molar-refractivity contribution in [3.63, 3.8) is 0 Å². The number of aryl methyl sites for hydroxylation is 1. The van der Waals surface area contributed by atoms with Crippen molar-refractivity contribution in [3.05, 3.63) is 51.9 Å². The first-order valence-electron chi connectivity index (χ1n) is 6.60. The minimum atomic E-state index is 0.546. The minimum absolute atomic E-state index is 0.546. The van der Waals surface area contributed by atoms with Crippen molar-refractivity contribution in [2.45, 2.75) is 6.42 Å². The SMILES string of the molecule is COc1cccc(-n2c(CCCl)nc3cc(I)ccc32)c1. The van der Waals surface area contributed by atoms with Crippen LogP contribution in [0.2, 0.25) is 0 Å². The fourth-order valence-electron chi connectivity index (χ4n) is 2.39. The van der Waals surface area contributed by atoms with Crippen molar-refractivity contribution in [1.82, 2.24) is 9.55 Å². The molecule has 0 unspecified atom stereocenters. The standard InChI is InChI=1S/C16H14ClIN2O/c1-21-13-4-2-3-12(10-13)20-15-6-5-11(18)9-14(15)19-16(20)7-8-17/h2-6,9-10H,7-8H2,1H3. The Kier molecular flexibility index (Phi) is 4.35. The fourth-order valence-corrected chi connectivity index (χ4v) is 3.04. The number of nitrogens with zero attached hydrogens (tertiary/aromatic N) is 2. The third-order valence-electron chi connectivity index (χ3n) is 3.32. The van der Waals surface area contributed by atoms with Crippen molar-refractivity contribution in [3.8, 4) is 11.4 Å². The number of alkyl halides is 1. The maximum atomic E-state index is 5.93. The molecule has 1 aromatic heterocycles. The van der Waals surface area contributed by atoms with E-state index >= 15 is 0 Å². The first-order chi connectivity index (χ1) is 10.2. The van der Waals surface area contributed by atoms with E-state index in [1.165, 1.54) is 3.57 Å². The van der Waals surface area contributed by atoms with Crippen LogP contribution in [0.5, 0.6) is 5.75 Å². The number of aromatic nitrogens is 2. The van der Waals surface area contributed by atoms with Crippen molar-refractivity contribution >= 4 is 45.2 Å². The summed E-state index contributed by atoms with van der Waals surface area (Å²) in [5.41, 5.74) is 3.12. The maximum absolute atomic E-state index is 5.93. The molecule has 3 nitrogen and oxygen atoms in total. The third-order valence-corrected chi connectivity index (χ3v) is 4.18. The molecule has 0 amide bonds. The van der Waals surface area contributed by atoms with Gasteiger partial charge in [0.05, 0.1) is 23.8 Å². The quantitative estimate of drug-likeness (QED) is 0.468. The molecule has 0 radical (unpaired) electrons. The number of rotatable bonds is 4. The normalized spacial score (nSPS) is 11.0. The molecular weight excluding hydrogens is 399 g/mol. The van der Waals surface area contributed by atoms with Crippen molar-refractivity contribution in [1.29, 1.82) is 0 Å². The molecule has 0 aliphatic rings. The van der Waals surface area contributed by atoms with Crippen molar-refractivity contribution < 1.29 is 4.74 Å². The van der Waals surface area contributed by atoms with Crippen LogP contribution in [-0.4, -0.2) is 22.5 Å². The molecule has 0 saturated heterocycles. The summed E-state index contributed by atoms with van der Waals surface area (Å²) < 4.78 is 8.65. The average Bonchev–Trinajstić information content (AvgIpc) is 2.84. The number of imidazole rings is 1. The zero-order valence-electron chi connectivity index (χ0n) is 11.5. The van der Waals surface area contributed by atoms with Gasteiger partial charge >= 0.3 is 0 Å². The second-order valence-electron chi connectivity index (χ2n) is 4.64. The number of methoxy groups -OCH3 is 1. The van der Waals surface area contributed by atoms with Crippen molar-refractivity contribution in [2.75, 3.05) is 13.0 Å². The lowest BCUT2D eigenvalue weighted by Crippen LogP contribution is -2.02. The van der Waals surface area contributed by atoms with Crippen LogP contribution < -0.4 is 4.74 Å². The van der Waals surface area contributed by atoms with Gasteiger partial charge in [0, 0.05) is 21.9 Å². The molecule has 0 N–H and O–H groups in total. The van der Waals surface area contributed by atoms with Gasteiger partial charge in [-0.2, -0.15) is 0 Å². The van der Waals surface area contributed by atoms with Crippen LogP contribution in [0, 0.1) is 3.57 Å². The number of halogens is 2. The number of hydrogen-bond acceptors (Lipinski definition) is 2. The molecule has 21 heavy (non-hydrogen) atoms. The molecule has 2 aromatic carbocycles. The highest BCUT2D eigenvalue weighted by Crippen LogP contribution is 2.25. The van der Waals surface area contributed by atoms with E-state index in [-0.39, 0.29) is 0 Å². The highest BCUT2D eigenvalue weighted by molar-refractivity contribution is 14.1. The van der Waals surface area contributed by atoms with Gasteiger partial charge in [-0.1, -0.05) is 6.07 Å². The van der Waals surface area contributed by atoms with E-state index in [1.54, 1.807) is 7.11 Å². The molecule has 3 rings (SSSR count). The summed E-state index contributed by atoms with van der Waals surface area (Å²) in [6, 6.07) is 14.3. The van der Waals surface area contributed by atoms with Crippen LogP contribution in [0.15, 0.2) is 42.5 Å². The Morgan fingerprint density at radius 1 is 1.24 bits per heavy atom. The Morgan fingerprint density at radius 2 is 2.10 bits per heavy atom. The first kappa shape index (κ1) is 14.7. The van der Waals surface area contributed by atoms with E-state index < -0.39 is 0 Å². The second-order valence-corrected chi connectivity index (χ2v) is 6.26. The summed E-state index contributed by atoms with van der Waals surface area (Å²) in [6.07, 6.45) is 0.726. The Hall–Kier alpha value is -1.27. The minimum Gasteiger partial charge on any atom is -0.497 e. The van der Waals surface area contributed by atoms with E-state index in [1.807, 2.05) is 18.2 Å². The number of hydrogen-bond donors (Lipinski definition) is 0. The van der Waals surface area contributed by atoms with Gasteiger partial charge in [0.1, 0.15) is 11.6 Å². The van der Waals surface area contributed by atoms with E-state index in [2.05, 4.69) is 51.4 Å². The largest absolute Gasteiger partial charge is 0.497 e. The fraction of sp³-hybridized carbons (Fsp3) is 0.188. The number of ether oxygens (including phenoxy) is 1. The summed E-state index contributed by atoms with van der Waals surface area (Å²) in [4.78, 5) is 4.73. The Balaban J connectivity index is 2.25. The highest BCUT2D eigenvalue weighted by Gasteiger charge is 2.12. The smallest absolute Gasteiger partial charge is 0.120 e. The monoisotopic (exact) mass is 412 g/mol. The molecule has 0 aliphatic heterocycles. The molecule has 0 bridgehead atoms. The van der Waals surface area contributed by atoms with Gasteiger partial charge in [0.2, 0.25) is 0 Å². The van der Waals surface area contributed by atoms with Crippen LogP contribution in [0.4, 0.5) is 0 Å². The zero-order chi connectivity index (χ0) is 14.8. The summed E-state index contributed by atoms with van der Waals surface area (Å²) in [5.74, 6) is 2.34. The predicted molar refractivity (Wildman–Crippen MR) is 94.8 cm³/mol. The predicted octanol–water partition coefficient (Wildman–Crippen LogP) is 4.42. The Labute approximate surface area is 142 Å². The first-order valence-corrected chi connectivity index (χ1v) is 8.21. The van der Waals surface area contributed by atoms with Gasteiger partial charge in [-0.15, -0.1) is 11.6 Å². The van der Waals surface area contributed by atoms with Gasteiger partial charge in [0.15, 0.2) is 0 Å². The summed E-state index contributed by atoms with van der Waals surface area (Å²) in [5, 5.41) is 0.